The second-order valence-corrected chi connectivity index (χ2v) is 6.38. The molecule has 0 radical (unpaired) electrons. The van der Waals surface area contributed by atoms with Gasteiger partial charge in [-0.05, 0) is 25.3 Å². The maximum absolute atomic E-state index is 10.7. The van der Waals surface area contributed by atoms with Crippen molar-refractivity contribution >= 4 is 0 Å². The van der Waals surface area contributed by atoms with Gasteiger partial charge in [-0.3, -0.25) is 4.90 Å². The largest absolute Gasteiger partial charge is 0.390 e. The van der Waals surface area contributed by atoms with Crippen LogP contribution in [0.5, 0.6) is 0 Å². The summed E-state index contributed by atoms with van der Waals surface area (Å²) in [6.45, 7) is 7.94. The van der Waals surface area contributed by atoms with Crippen molar-refractivity contribution in [1.82, 2.24) is 4.90 Å². The molecule has 0 aromatic carbocycles. The highest BCUT2D eigenvalue weighted by atomic mass is 16.6. The molecule has 0 saturated carbocycles. The van der Waals surface area contributed by atoms with Crippen LogP contribution in [0, 0.1) is 5.92 Å². The number of aliphatic hydroxyl groups is 1. The van der Waals surface area contributed by atoms with Gasteiger partial charge in [0.1, 0.15) is 0 Å². The summed E-state index contributed by atoms with van der Waals surface area (Å²) in [6.07, 6.45) is 2.36. The van der Waals surface area contributed by atoms with E-state index >= 15 is 0 Å². The van der Waals surface area contributed by atoms with Crippen molar-refractivity contribution in [3.8, 4) is 0 Å². The molecule has 20 heavy (non-hydrogen) atoms. The van der Waals surface area contributed by atoms with Crippen LogP contribution in [0.2, 0.25) is 0 Å². The Balaban J connectivity index is 1.59. The van der Waals surface area contributed by atoms with E-state index in [1.165, 1.54) is 0 Å². The molecule has 0 aliphatic carbocycles. The standard InChI is InChI=1S/C15H27NO4/c1-2-16-5-8-19-13(10-16)14(17)12-3-6-20-15(9-12)4-7-18-11-15/h12-14,17H,2-11H2,1H3. The maximum atomic E-state index is 10.7. The minimum atomic E-state index is -0.384. The lowest BCUT2D eigenvalue weighted by molar-refractivity contribution is -0.151. The third-order valence-corrected chi connectivity index (χ3v) is 5.09. The molecule has 1 N–H and O–H groups in total. The Morgan fingerprint density at radius 2 is 2.25 bits per heavy atom. The zero-order valence-electron chi connectivity index (χ0n) is 12.4. The van der Waals surface area contributed by atoms with Gasteiger partial charge in [0, 0.05) is 32.7 Å². The SMILES string of the molecule is CCN1CCOC(C(O)C2CCOC3(CCOC3)C2)C1. The maximum Gasteiger partial charge on any atom is 0.0963 e. The molecule has 3 aliphatic heterocycles. The van der Waals surface area contributed by atoms with Crippen LogP contribution in [0.15, 0.2) is 0 Å². The van der Waals surface area contributed by atoms with Gasteiger partial charge in [-0.2, -0.15) is 0 Å². The lowest BCUT2D eigenvalue weighted by Crippen LogP contribution is -2.52. The van der Waals surface area contributed by atoms with Crippen LogP contribution in [0.25, 0.3) is 0 Å². The molecule has 1 spiro atoms. The summed E-state index contributed by atoms with van der Waals surface area (Å²) in [7, 11) is 0. The summed E-state index contributed by atoms with van der Waals surface area (Å²) in [5, 5.41) is 10.7. The van der Waals surface area contributed by atoms with E-state index in [1.54, 1.807) is 0 Å². The summed E-state index contributed by atoms with van der Waals surface area (Å²) in [4.78, 5) is 2.35. The number of morpholine rings is 1. The lowest BCUT2D eigenvalue weighted by Gasteiger charge is -2.42. The van der Waals surface area contributed by atoms with Crippen molar-refractivity contribution in [2.45, 2.75) is 44.0 Å². The number of hydrogen-bond donors (Lipinski definition) is 1. The molecule has 4 unspecified atom stereocenters. The number of aliphatic hydroxyl groups excluding tert-OH is 1. The van der Waals surface area contributed by atoms with Gasteiger partial charge in [0.05, 0.1) is 31.0 Å². The molecule has 0 aromatic heterocycles. The second kappa shape index (κ2) is 6.28. The van der Waals surface area contributed by atoms with Gasteiger partial charge >= 0.3 is 0 Å². The molecule has 3 aliphatic rings. The predicted molar refractivity (Wildman–Crippen MR) is 74.7 cm³/mol. The Morgan fingerprint density at radius 3 is 3.00 bits per heavy atom. The first-order valence-electron chi connectivity index (χ1n) is 7.96. The topological polar surface area (TPSA) is 51.2 Å². The molecule has 4 atom stereocenters. The highest BCUT2D eigenvalue weighted by molar-refractivity contribution is 4.94. The second-order valence-electron chi connectivity index (χ2n) is 6.38. The van der Waals surface area contributed by atoms with Crippen LogP contribution < -0.4 is 0 Å². The minimum Gasteiger partial charge on any atom is -0.390 e. The molecule has 0 amide bonds. The van der Waals surface area contributed by atoms with Crippen LogP contribution >= 0.6 is 0 Å². The lowest BCUT2D eigenvalue weighted by atomic mass is 9.80. The average molecular weight is 285 g/mol. The van der Waals surface area contributed by atoms with E-state index in [-0.39, 0.29) is 23.7 Å². The van der Waals surface area contributed by atoms with E-state index < -0.39 is 0 Å². The van der Waals surface area contributed by atoms with Crippen molar-refractivity contribution < 1.29 is 19.3 Å². The molecular formula is C15H27NO4. The number of nitrogens with zero attached hydrogens (tertiary/aromatic N) is 1. The summed E-state index contributed by atoms with van der Waals surface area (Å²) in [6, 6.07) is 0. The first kappa shape index (κ1) is 14.7. The van der Waals surface area contributed by atoms with Crippen LogP contribution in [0.3, 0.4) is 0 Å². The Hall–Kier alpha value is -0.200. The fourth-order valence-electron chi connectivity index (χ4n) is 3.75. The number of likely N-dealkylation sites (N-methyl/N-ethyl adjacent to an activating group) is 1. The van der Waals surface area contributed by atoms with E-state index in [4.69, 9.17) is 14.2 Å². The predicted octanol–water partition coefficient (Wildman–Crippen LogP) is 0.654. The molecule has 0 bridgehead atoms. The fourth-order valence-corrected chi connectivity index (χ4v) is 3.75. The Kier molecular flexibility index (Phi) is 4.62. The summed E-state index contributed by atoms with van der Waals surface area (Å²) in [5.74, 6) is 0.271. The van der Waals surface area contributed by atoms with Crippen LogP contribution in [-0.2, 0) is 14.2 Å². The van der Waals surface area contributed by atoms with E-state index in [1.807, 2.05) is 0 Å². The fraction of sp³-hybridized carbons (Fsp3) is 1.00. The van der Waals surface area contributed by atoms with Crippen molar-refractivity contribution in [2.24, 2.45) is 5.92 Å². The van der Waals surface area contributed by atoms with Crippen molar-refractivity contribution in [3.63, 3.8) is 0 Å². The van der Waals surface area contributed by atoms with Gasteiger partial charge < -0.3 is 19.3 Å². The van der Waals surface area contributed by atoms with Gasteiger partial charge in [-0.1, -0.05) is 6.92 Å². The average Bonchev–Trinajstić information content (AvgIpc) is 2.94. The molecule has 116 valence electrons. The van der Waals surface area contributed by atoms with E-state index in [9.17, 15) is 5.11 Å². The van der Waals surface area contributed by atoms with E-state index in [0.717, 1.165) is 58.7 Å². The van der Waals surface area contributed by atoms with Crippen molar-refractivity contribution in [2.75, 3.05) is 46.1 Å². The van der Waals surface area contributed by atoms with Gasteiger partial charge in [0.2, 0.25) is 0 Å². The number of rotatable bonds is 3. The summed E-state index contributed by atoms with van der Waals surface area (Å²) in [5.41, 5.74) is -0.136. The zero-order valence-corrected chi connectivity index (χ0v) is 12.4. The molecular weight excluding hydrogens is 258 g/mol. The first-order chi connectivity index (χ1) is 9.72. The summed E-state index contributed by atoms with van der Waals surface area (Å²) < 4.78 is 17.3. The molecule has 0 aromatic rings. The van der Waals surface area contributed by atoms with E-state index in [0.29, 0.717) is 6.61 Å². The molecule has 3 saturated heterocycles. The number of hydrogen-bond acceptors (Lipinski definition) is 5. The molecule has 3 rings (SSSR count). The quantitative estimate of drug-likeness (QED) is 0.825. The third-order valence-electron chi connectivity index (χ3n) is 5.09. The zero-order chi connectivity index (χ0) is 14.0. The third kappa shape index (κ3) is 3.02. The highest BCUT2D eigenvalue weighted by Gasteiger charge is 2.44. The Bertz CT molecular complexity index is 319. The van der Waals surface area contributed by atoms with Gasteiger partial charge in [-0.25, -0.2) is 0 Å². The normalized spacial score (nSPS) is 41.1. The van der Waals surface area contributed by atoms with Gasteiger partial charge in [-0.15, -0.1) is 0 Å². The molecule has 3 fully saturated rings. The molecule has 5 heteroatoms. The van der Waals surface area contributed by atoms with Crippen LogP contribution in [0.1, 0.15) is 26.2 Å². The number of ether oxygens (including phenoxy) is 3. The molecule has 3 heterocycles. The van der Waals surface area contributed by atoms with Crippen molar-refractivity contribution in [3.05, 3.63) is 0 Å². The van der Waals surface area contributed by atoms with Crippen LogP contribution in [-0.4, -0.2) is 73.9 Å². The monoisotopic (exact) mass is 285 g/mol. The minimum absolute atomic E-state index is 0.0498. The summed E-state index contributed by atoms with van der Waals surface area (Å²) >= 11 is 0. The van der Waals surface area contributed by atoms with E-state index in [2.05, 4.69) is 11.8 Å². The van der Waals surface area contributed by atoms with Gasteiger partial charge in [0.15, 0.2) is 0 Å². The highest BCUT2D eigenvalue weighted by Crippen LogP contribution is 2.38. The van der Waals surface area contributed by atoms with Crippen LogP contribution in [0.4, 0.5) is 0 Å². The molecule has 5 nitrogen and oxygen atoms in total. The Labute approximate surface area is 121 Å². The van der Waals surface area contributed by atoms with Crippen molar-refractivity contribution in [1.29, 1.82) is 0 Å². The first-order valence-corrected chi connectivity index (χ1v) is 7.96. The van der Waals surface area contributed by atoms with Gasteiger partial charge in [0.25, 0.3) is 0 Å². The smallest absolute Gasteiger partial charge is 0.0963 e. The Morgan fingerprint density at radius 1 is 1.35 bits per heavy atom.